The van der Waals surface area contributed by atoms with E-state index in [2.05, 4.69) is 9.00 Å². The van der Waals surface area contributed by atoms with Crippen LogP contribution in [0.3, 0.4) is 0 Å². The van der Waals surface area contributed by atoms with Crippen LogP contribution in [-0.2, 0) is 9.00 Å². The van der Waals surface area contributed by atoms with Crippen LogP contribution in [-0.4, -0.2) is 14.0 Å². The molecule has 0 aromatic carbocycles. The summed E-state index contributed by atoms with van der Waals surface area (Å²) >= 11 is 0. The number of allylic oxidation sites excluding steroid dienone is 1. The van der Waals surface area contributed by atoms with Gasteiger partial charge in [-0.25, -0.2) is 0 Å². The maximum atomic E-state index is 4.51. The molecule has 0 N–H and O–H groups in total. The Kier molecular flexibility index (Phi) is 0.951. The third-order valence-corrected chi connectivity index (χ3v) is 0.425. The highest BCUT2D eigenvalue weighted by molar-refractivity contribution is 6.16. The highest BCUT2D eigenvalue weighted by Gasteiger charge is 2.10. The molecule has 0 atom stereocenters. The Labute approximate surface area is 36.4 Å². The second kappa shape index (κ2) is 1.65. The normalized spacial score (nSPS) is 16.0. The van der Waals surface area contributed by atoms with Crippen molar-refractivity contribution in [1.29, 1.82) is 0 Å². The topological polar surface area (TPSA) is 20.5 Å². The van der Waals surface area contributed by atoms with Crippen LogP contribution < -0.4 is 0 Å². The summed E-state index contributed by atoms with van der Waals surface area (Å²) in [6.45, 7) is 0. The minimum Gasteiger partial charge on any atom is -0.476 e. The minimum atomic E-state index is 1.25. The van der Waals surface area contributed by atoms with E-state index >= 15 is 0 Å². The fourth-order valence-corrected chi connectivity index (χ4v) is 0.219. The Hall–Kier alpha value is -0.725. The second-order valence-electron chi connectivity index (χ2n) is 0.833. The molecule has 0 bridgehead atoms. The lowest BCUT2D eigenvalue weighted by Crippen LogP contribution is -1.97. The zero-order valence-corrected chi connectivity index (χ0v) is 3.13. The average Bonchev–Trinajstić information content (AvgIpc) is 1.72. The number of hydrogen-bond donors (Lipinski definition) is 0. The van der Waals surface area contributed by atoms with E-state index < -0.39 is 0 Å². The first-order valence-electron chi connectivity index (χ1n) is 1.61. The first-order chi connectivity index (χ1) is 3.00. The Morgan fingerprint density at radius 1 is 1.67 bits per heavy atom. The fourth-order valence-electron chi connectivity index (χ4n) is 0.219. The van der Waals surface area contributed by atoms with Gasteiger partial charge in [-0.2, -0.15) is 0 Å². The predicted molar refractivity (Wildman–Crippen MR) is 22.0 cm³/mol. The molecule has 3 heteroatoms. The SMILES string of the molecule is [B]1OC=CC=[O+]1. The molecule has 0 unspecified atom stereocenters. The summed E-state index contributed by atoms with van der Waals surface area (Å²) < 4.78 is 9.02. The van der Waals surface area contributed by atoms with E-state index in [1.807, 2.05) is 0 Å². The molecule has 6 heavy (non-hydrogen) atoms. The van der Waals surface area contributed by atoms with Gasteiger partial charge in [0.2, 0.25) is 0 Å². The molecule has 1 radical (unpaired) electrons. The summed E-state index contributed by atoms with van der Waals surface area (Å²) in [5.74, 6) is 0. The summed E-state index contributed by atoms with van der Waals surface area (Å²) in [6.07, 6.45) is 4.73. The Morgan fingerprint density at radius 2 is 2.67 bits per heavy atom. The van der Waals surface area contributed by atoms with Crippen LogP contribution in [0.5, 0.6) is 0 Å². The molecule has 29 valence electrons. The van der Waals surface area contributed by atoms with E-state index in [9.17, 15) is 0 Å². The molecule has 1 aliphatic rings. The number of aldehydes is 1. The van der Waals surface area contributed by atoms with Crippen molar-refractivity contribution in [3.8, 4) is 0 Å². The van der Waals surface area contributed by atoms with Crippen LogP contribution in [0.15, 0.2) is 12.3 Å². The van der Waals surface area contributed by atoms with Crippen molar-refractivity contribution in [2.45, 2.75) is 0 Å². The molecule has 1 aliphatic heterocycles. The van der Waals surface area contributed by atoms with Gasteiger partial charge in [-0.05, 0) is 0 Å². The Bertz CT molecular complexity index is 74.8. The van der Waals surface area contributed by atoms with Crippen LogP contribution >= 0.6 is 0 Å². The third-order valence-electron chi connectivity index (χ3n) is 0.425. The number of rotatable bonds is 0. The predicted octanol–water partition coefficient (Wildman–Crippen LogP) is -0.201. The maximum absolute atomic E-state index is 4.51. The first kappa shape index (κ1) is 3.46. The largest absolute Gasteiger partial charge is 1.05 e. The molecule has 1 heterocycles. The van der Waals surface area contributed by atoms with Crippen LogP contribution in [0, 0.1) is 0 Å². The lowest BCUT2D eigenvalue weighted by Gasteiger charge is -1.79. The van der Waals surface area contributed by atoms with Crippen molar-refractivity contribution < 1.29 is 9.00 Å². The van der Waals surface area contributed by atoms with E-state index in [0.717, 1.165) is 0 Å². The summed E-state index contributed by atoms with van der Waals surface area (Å²) in [7, 11) is 1.25. The second-order valence-corrected chi connectivity index (χ2v) is 0.833. The molecular formula is C3H3BO2+. The van der Waals surface area contributed by atoms with E-state index in [0.29, 0.717) is 0 Å². The van der Waals surface area contributed by atoms with E-state index in [1.165, 1.54) is 20.2 Å². The minimum absolute atomic E-state index is 1.25. The Balaban J connectivity index is 2.46. The van der Waals surface area contributed by atoms with Gasteiger partial charge >= 0.3 is 7.69 Å². The van der Waals surface area contributed by atoms with Crippen molar-refractivity contribution in [2.75, 3.05) is 0 Å². The van der Waals surface area contributed by atoms with Crippen molar-refractivity contribution in [3.05, 3.63) is 12.3 Å². The molecular weight excluding hydrogens is 78.8 g/mol. The fraction of sp³-hybridized carbons (Fsp3) is 0. The van der Waals surface area contributed by atoms with Gasteiger partial charge in [0.25, 0.3) is 6.29 Å². The average molecular weight is 81.9 g/mol. The standard InChI is InChI=1S/C3H3BO2/c1-2-5-4-6-3-1/h1-3H/q+1. The van der Waals surface area contributed by atoms with Gasteiger partial charge in [0, 0.05) is 0 Å². The molecule has 1 rings (SSSR count). The smallest absolute Gasteiger partial charge is 0.476 e. The van der Waals surface area contributed by atoms with Crippen molar-refractivity contribution in [2.24, 2.45) is 0 Å². The number of carbonyl (C=O) groups excluding carboxylic acids is 1. The highest BCUT2D eigenvalue weighted by atomic mass is 16.5. The van der Waals surface area contributed by atoms with Crippen LogP contribution in [0.2, 0.25) is 0 Å². The molecule has 2 nitrogen and oxygen atoms in total. The van der Waals surface area contributed by atoms with Gasteiger partial charge in [-0.3, -0.25) is 0 Å². The van der Waals surface area contributed by atoms with E-state index in [4.69, 9.17) is 0 Å². The Morgan fingerprint density at radius 3 is 2.83 bits per heavy atom. The van der Waals surface area contributed by atoms with Gasteiger partial charge < -0.3 is 9.00 Å². The molecule has 0 fully saturated rings. The molecule has 0 saturated carbocycles. The summed E-state index contributed by atoms with van der Waals surface area (Å²) in [5, 5.41) is 0. The van der Waals surface area contributed by atoms with Gasteiger partial charge in [-0.1, -0.05) is 0 Å². The molecule has 0 aliphatic carbocycles. The van der Waals surface area contributed by atoms with Crippen molar-refractivity contribution >= 4 is 14.0 Å². The zero-order valence-electron chi connectivity index (χ0n) is 3.13. The molecule has 0 saturated heterocycles. The zero-order chi connectivity index (χ0) is 4.24. The summed E-state index contributed by atoms with van der Waals surface area (Å²) in [6, 6.07) is 0. The van der Waals surface area contributed by atoms with Gasteiger partial charge in [0.15, 0.2) is 0 Å². The van der Waals surface area contributed by atoms with Crippen LogP contribution in [0.25, 0.3) is 0 Å². The first-order valence-corrected chi connectivity index (χ1v) is 1.61. The molecule has 0 spiro atoms. The van der Waals surface area contributed by atoms with Gasteiger partial charge in [0.1, 0.15) is 0 Å². The quantitative estimate of drug-likeness (QED) is 0.225. The van der Waals surface area contributed by atoms with Gasteiger partial charge in [-0.15, -0.1) is 0 Å². The van der Waals surface area contributed by atoms with Crippen molar-refractivity contribution in [3.63, 3.8) is 0 Å². The lowest BCUT2D eigenvalue weighted by molar-refractivity contribution is -0.296. The lowest BCUT2D eigenvalue weighted by atomic mass is 10.4. The van der Waals surface area contributed by atoms with Crippen LogP contribution in [0.1, 0.15) is 0 Å². The molecule has 0 aromatic heterocycles. The summed E-state index contributed by atoms with van der Waals surface area (Å²) in [5.41, 5.74) is 0. The van der Waals surface area contributed by atoms with Crippen molar-refractivity contribution in [1.82, 2.24) is 0 Å². The van der Waals surface area contributed by atoms with Gasteiger partial charge in [0.05, 0.1) is 12.3 Å². The van der Waals surface area contributed by atoms with Crippen LogP contribution in [0.4, 0.5) is 0 Å². The summed E-state index contributed by atoms with van der Waals surface area (Å²) in [4.78, 5) is 0. The molecule has 0 amide bonds. The monoisotopic (exact) mass is 82.0 g/mol. The van der Waals surface area contributed by atoms with E-state index in [1.54, 1.807) is 6.08 Å². The van der Waals surface area contributed by atoms with E-state index in [-0.39, 0.29) is 0 Å². The third kappa shape index (κ3) is 0.609. The maximum Gasteiger partial charge on any atom is 1.05 e. The molecule has 0 aromatic rings. The highest BCUT2D eigenvalue weighted by Crippen LogP contribution is 1.74. The number of hydrogen-bond acceptors (Lipinski definition) is 1.